The van der Waals surface area contributed by atoms with Gasteiger partial charge in [-0.05, 0) is 19.3 Å². The van der Waals surface area contributed by atoms with E-state index in [9.17, 15) is 4.79 Å². The quantitative estimate of drug-likeness (QED) is 0.828. The topological polar surface area (TPSA) is 99.8 Å². The molecular weight excluding hydrogens is 298 g/mol. The van der Waals surface area contributed by atoms with Crippen LogP contribution in [-0.2, 0) is 30.8 Å². The lowest BCUT2D eigenvalue weighted by Gasteiger charge is -2.07. The van der Waals surface area contributed by atoms with Crippen LogP contribution in [0.5, 0.6) is 0 Å². The summed E-state index contributed by atoms with van der Waals surface area (Å²) in [5, 5.41) is 19.0. The van der Waals surface area contributed by atoms with Crippen LogP contribution in [0.4, 0.5) is 0 Å². The van der Waals surface area contributed by atoms with Gasteiger partial charge in [0.15, 0.2) is 11.5 Å². The van der Waals surface area contributed by atoms with E-state index in [1.165, 1.54) is 0 Å². The van der Waals surface area contributed by atoms with Gasteiger partial charge in [0.05, 0.1) is 25.4 Å². The van der Waals surface area contributed by atoms with E-state index in [-0.39, 0.29) is 12.0 Å². The minimum Gasteiger partial charge on any atom is -0.376 e. The van der Waals surface area contributed by atoms with Crippen molar-refractivity contribution in [2.75, 3.05) is 6.61 Å². The summed E-state index contributed by atoms with van der Waals surface area (Å²) in [7, 11) is 0. The van der Waals surface area contributed by atoms with E-state index in [0.717, 1.165) is 50.5 Å². The molecule has 0 saturated carbocycles. The Labute approximate surface area is 133 Å². The lowest BCUT2D eigenvalue weighted by Crippen LogP contribution is -2.25. The monoisotopic (exact) mass is 317 g/mol. The number of nitrogens with zero attached hydrogens (tertiary/aromatic N) is 6. The van der Waals surface area contributed by atoms with Crippen LogP contribution in [-0.4, -0.2) is 48.4 Å². The molecule has 0 aliphatic carbocycles. The Hall–Kier alpha value is -2.29. The van der Waals surface area contributed by atoms with E-state index in [1.54, 1.807) is 10.9 Å². The Morgan fingerprint density at radius 2 is 2.30 bits per heavy atom. The first-order valence-corrected chi connectivity index (χ1v) is 8.00. The Morgan fingerprint density at radius 3 is 3.17 bits per heavy atom. The number of ether oxygens (including phenoxy) is 1. The maximum absolute atomic E-state index is 12.2. The zero-order chi connectivity index (χ0) is 15.6. The summed E-state index contributed by atoms with van der Waals surface area (Å²) >= 11 is 0. The fourth-order valence-corrected chi connectivity index (χ4v) is 3.08. The van der Waals surface area contributed by atoms with Gasteiger partial charge in [0.25, 0.3) is 5.91 Å². The minimum absolute atomic E-state index is 0.172. The Bertz CT molecular complexity index is 702. The van der Waals surface area contributed by atoms with E-state index >= 15 is 0 Å². The number of rotatable bonds is 5. The number of hydrogen-bond donors (Lipinski definition) is 1. The van der Waals surface area contributed by atoms with Gasteiger partial charge in [-0.3, -0.25) is 4.79 Å². The third-order valence-electron chi connectivity index (χ3n) is 4.28. The lowest BCUT2D eigenvalue weighted by atomic mass is 10.2. The molecule has 0 bridgehead atoms. The zero-order valence-electron chi connectivity index (χ0n) is 12.8. The van der Waals surface area contributed by atoms with Gasteiger partial charge in [-0.1, -0.05) is 5.21 Å². The molecule has 23 heavy (non-hydrogen) atoms. The van der Waals surface area contributed by atoms with Crippen molar-refractivity contribution < 1.29 is 9.53 Å². The van der Waals surface area contributed by atoms with Crippen LogP contribution in [0.1, 0.15) is 41.4 Å². The first-order chi connectivity index (χ1) is 11.3. The van der Waals surface area contributed by atoms with Gasteiger partial charge in [0.1, 0.15) is 5.82 Å². The number of carbonyl (C=O) groups is 1. The van der Waals surface area contributed by atoms with E-state index < -0.39 is 0 Å². The summed E-state index contributed by atoms with van der Waals surface area (Å²) in [6, 6.07) is 0. The first-order valence-electron chi connectivity index (χ1n) is 8.00. The maximum atomic E-state index is 12.2. The first kappa shape index (κ1) is 14.3. The molecule has 122 valence electrons. The summed E-state index contributed by atoms with van der Waals surface area (Å²) in [5.41, 5.74) is 0.309. The number of aryl methyl sites for hydroxylation is 1. The van der Waals surface area contributed by atoms with Crippen molar-refractivity contribution >= 4 is 5.91 Å². The molecule has 1 atom stereocenters. The van der Waals surface area contributed by atoms with Crippen molar-refractivity contribution in [1.29, 1.82) is 0 Å². The zero-order valence-corrected chi connectivity index (χ0v) is 12.8. The molecule has 0 spiro atoms. The van der Waals surface area contributed by atoms with Crippen LogP contribution in [0.15, 0.2) is 6.20 Å². The van der Waals surface area contributed by atoms with E-state index in [0.29, 0.717) is 18.8 Å². The highest BCUT2D eigenvalue weighted by atomic mass is 16.5. The Kier molecular flexibility index (Phi) is 3.78. The van der Waals surface area contributed by atoms with Crippen molar-refractivity contribution in [3.63, 3.8) is 0 Å². The van der Waals surface area contributed by atoms with E-state index in [2.05, 4.69) is 30.4 Å². The second-order valence-electron chi connectivity index (χ2n) is 5.93. The van der Waals surface area contributed by atoms with Gasteiger partial charge in [0.2, 0.25) is 0 Å². The van der Waals surface area contributed by atoms with Crippen molar-refractivity contribution in [1.82, 2.24) is 35.1 Å². The molecule has 1 N–H and O–H groups in total. The van der Waals surface area contributed by atoms with Crippen LogP contribution < -0.4 is 5.32 Å². The third kappa shape index (κ3) is 2.96. The van der Waals surface area contributed by atoms with Crippen LogP contribution in [0.3, 0.4) is 0 Å². The minimum atomic E-state index is -0.251. The number of amides is 1. The van der Waals surface area contributed by atoms with Crippen LogP contribution in [0.25, 0.3) is 0 Å². The van der Waals surface area contributed by atoms with Crippen LogP contribution in [0, 0.1) is 0 Å². The molecule has 1 saturated heterocycles. The van der Waals surface area contributed by atoms with Crippen molar-refractivity contribution in [3.8, 4) is 0 Å². The van der Waals surface area contributed by atoms with Crippen molar-refractivity contribution in [2.45, 2.75) is 51.4 Å². The summed E-state index contributed by atoms with van der Waals surface area (Å²) in [4.78, 5) is 12.2. The molecule has 0 aromatic carbocycles. The molecule has 2 aliphatic rings. The number of hydrogen-bond acceptors (Lipinski definition) is 6. The standard InChI is InChI=1S/C14H19N7O2/c22-14(15-7-13-18-17-12-4-1-5-21(12)13)11-9-20(19-16-11)8-10-3-2-6-23-10/h9-10H,1-8H2,(H,15,22)/t10-/m1/s1. The highest BCUT2D eigenvalue weighted by molar-refractivity contribution is 5.91. The van der Waals surface area contributed by atoms with Gasteiger partial charge in [-0.15, -0.1) is 15.3 Å². The Balaban J connectivity index is 1.34. The van der Waals surface area contributed by atoms with Gasteiger partial charge in [-0.25, -0.2) is 4.68 Å². The molecule has 1 amide bonds. The lowest BCUT2D eigenvalue weighted by molar-refractivity contribution is 0.0929. The molecule has 0 unspecified atom stereocenters. The van der Waals surface area contributed by atoms with Gasteiger partial charge < -0.3 is 14.6 Å². The summed E-state index contributed by atoms with van der Waals surface area (Å²) in [5.74, 6) is 1.54. The molecule has 4 heterocycles. The van der Waals surface area contributed by atoms with Crippen molar-refractivity contribution in [2.24, 2.45) is 0 Å². The van der Waals surface area contributed by atoms with Crippen LogP contribution >= 0.6 is 0 Å². The molecule has 1 fully saturated rings. The summed E-state index contributed by atoms with van der Waals surface area (Å²) in [6.07, 6.45) is 5.98. The molecule has 2 aromatic heterocycles. The SMILES string of the molecule is O=C(NCc1nnc2n1CCC2)c1cn(C[C@H]2CCCO2)nn1. The molecular formula is C14H19N7O2. The molecule has 9 nitrogen and oxygen atoms in total. The smallest absolute Gasteiger partial charge is 0.273 e. The molecule has 9 heteroatoms. The number of carbonyl (C=O) groups excluding carboxylic acids is 1. The summed E-state index contributed by atoms with van der Waals surface area (Å²) in [6.45, 7) is 2.71. The largest absolute Gasteiger partial charge is 0.376 e. The number of nitrogens with one attached hydrogen (secondary N) is 1. The highest BCUT2D eigenvalue weighted by Gasteiger charge is 2.20. The molecule has 4 rings (SSSR count). The molecule has 2 aliphatic heterocycles. The summed E-state index contributed by atoms with van der Waals surface area (Å²) < 4.78 is 9.29. The molecule has 2 aromatic rings. The highest BCUT2D eigenvalue weighted by Crippen LogP contribution is 2.14. The fraction of sp³-hybridized carbons (Fsp3) is 0.643. The predicted octanol–water partition coefficient (Wildman–Crippen LogP) is -0.0752. The second kappa shape index (κ2) is 6.07. The normalized spacial score (nSPS) is 19.9. The fourth-order valence-electron chi connectivity index (χ4n) is 3.08. The van der Waals surface area contributed by atoms with E-state index in [1.807, 2.05) is 0 Å². The maximum Gasteiger partial charge on any atom is 0.273 e. The predicted molar refractivity (Wildman–Crippen MR) is 78.5 cm³/mol. The van der Waals surface area contributed by atoms with E-state index in [4.69, 9.17) is 4.74 Å². The van der Waals surface area contributed by atoms with Crippen LogP contribution in [0.2, 0.25) is 0 Å². The van der Waals surface area contributed by atoms with Gasteiger partial charge >= 0.3 is 0 Å². The average molecular weight is 317 g/mol. The third-order valence-corrected chi connectivity index (χ3v) is 4.28. The van der Waals surface area contributed by atoms with Crippen molar-refractivity contribution in [3.05, 3.63) is 23.5 Å². The average Bonchev–Trinajstić information content (AvgIpc) is 3.31. The van der Waals surface area contributed by atoms with Gasteiger partial charge in [-0.2, -0.15) is 0 Å². The second-order valence-corrected chi connectivity index (χ2v) is 5.93. The van der Waals surface area contributed by atoms with Gasteiger partial charge in [0, 0.05) is 19.6 Å². The number of fused-ring (bicyclic) bond motifs is 1. The molecule has 0 radical (unpaired) electrons. The Morgan fingerprint density at radius 1 is 1.35 bits per heavy atom. The number of aromatic nitrogens is 6.